The van der Waals surface area contributed by atoms with Crippen LogP contribution in [-0.2, 0) is 27.2 Å². The van der Waals surface area contributed by atoms with Gasteiger partial charge in [0.25, 0.3) is 5.91 Å². The summed E-state index contributed by atoms with van der Waals surface area (Å²) >= 11 is 0. The zero-order chi connectivity index (χ0) is 23.8. The van der Waals surface area contributed by atoms with E-state index in [4.69, 9.17) is 5.73 Å². The van der Waals surface area contributed by atoms with Crippen molar-refractivity contribution in [3.8, 4) is 11.1 Å². The second-order valence-corrected chi connectivity index (χ2v) is 9.21. The summed E-state index contributed by atoms with van der Waals surface area (Å²) in [5, 5.41) is 0. The molecule has 2 heterocycles. The van der Waals surface area contributed by atoms with Crippen molar-refractivity contribution in [1.82, 2.24) is 19.2 Å². The maximum Gasteiger partial charge on any atom is 0.335 e. The topological polar surface area (TPSA) is 142 Å². The molecule has 0 aliphatic carbocycles. The Balaban J connectivity index is 1.87. The Labute approximate surface area is 191 Å². The summed E-state index contributed by atoms with van der Waals surface area (Å²) in [4.78, 5) is 27.5. The van der Waals surface area contributed by atoms with Crippen molar-refractivity contribution in [3.05, 3.63) is 83.9 Å². The van der Waals surface area contributed by atoms with Gasteiger partial charge in [0.15, 0.2) is 11.5 Å². The van der Waals surface area contributed by atoms with E-state index >= 15 is 0 Å². The molecule has 0 bridgehead atoms. The number of nitrogens with two attached hydrogens (primary N) is 1. The number of guanidine groups is 1. The number of rotatable bonds is 6. The summed E-state index contributed by atoms with van der Waals surface area (Å²) < 4.78 is 33.0. The Hall–Kier alpha value is -3.67. The molecule has 33 heavy (non-hydrogen) atoms. The van der Waals surface area contributed by atoms with Gasteiger partial charge >= 0.3 is 10.3 Å². The fourth-order valence-corrected chi connectivity index (χ4v) is 4.10. The molecule has 1 atom stereocenters. The molecule has 0 saturated carbocycles. The smallest absolute Gasteiger partial charge is 0.335 e. The zero-order valence-electron chi connectivity index (χ0n) is 18.0. The van der Waals surface area contributed by atoms with Gasteiger partial charge in [0.05, 0.1) is 0 Å². The molecule has 1 aliphatic rings. The molecular weight excluding hydrogens is 444 g/mol. The van der Waals surface area contributed by atoms with Crippen molar-refractivity contribution in [2.24, 2.45) is 10.7 Å². The van der Waals surface area contributed by atoms with E-state index in [1.165, 1.54) is 18.3 Å². The molecule has 1 aliphatic heterocycles. The Morgan fingerprint density at radius 3 is 2.30 bits per heavy atom. The quantitative estimate of drug-likeness (QED) is 0.523. The Morgan fingerprint density at radius 1 is 1.06 bits per heavy atom. The van der Waals surface area contributed by atoms with Crippen LogP contribution >= 0.6 is 0 Å². The van der Waals surface area contributed by atoms with Crippen LogP contribution in [0.3, 0.4) is 0 Å². The standard InChI is InChI=1S/C22H22N6O4S/c1-27(33(30,31)32)13-15-5-3-7-18(9-15)22(20(29)28(2)21(23)26-22)19-8-4-6-16(10-19)17-11-24-14-25-12-17/h3-12,14H,13H2,1-2H3,(H2,23,26)(H,30,31,32). The molecule has 0 saturated heterocycles. The van der Waals surface area contributed by atoms with E-state index in [2.05, 4.69) is 15.0 Å². The van der Waals surface area contributed by atoms with E-state index in [1.54, 1.807) is 49.8 Å². The summed E-state index contributed by atoms with van der Waals surface area (Å²) in [5.74, 6) is -0.282. The van der Waals surface area contributed by atoms with Gasteiger partial charge in [-0.1, -0.05) is 42.5 Å². The molecule has 2 aromatic carbocycles. The Kier molecular flexibility index (Phi) is 5.70. The fraction of sp³-hybridized carbons (Fsp3) is 0.182. The van der Waals surface area contributed by atoms with Crippen molar-refractivity contribution in [1.29, 1.82) is 0 Å². The number of benzene rings is 2. The molecule has 1 amide bonds. The molecule has 3 N–H and O–H groups in total. The molecule has 0 fully saturated rings. The number of hydrogen-bond donors (Lipinski definition) is 2. The van der Waals surface area contributed by atoms with Crippen LogP contribution in [0.15, 0.2) is 72.2 Å². The first-order chi connectivity index (χ1) is 15.6. The highest BCUT2D eigenvalue weighted by molar-refractivity contribution is 7.83. The lowest BCUT2D eigenvalue weighted by Crippen LogP contribution is -2.41. The van der Waals surface area contributed by atoms with Crippen molar-refractivity contribution in [2.45, 2.75) is 12.1 Å². The van der Waals surface area contributed by atoms with Crippen LogP contribution in [0.25, 0.3) is 11.1 Å². The molecule has 10 nitrogen and oxygen atoms in total. The lowest BCUT2D eigenvalue weighted by molar-refractivity contribution is -0.129. The van der Waals surface area contributed by atoms with Crippen molar-refractivity contribution in [2.75, 3.05) is 14.1 Å². The van der Waals surface area contributed by atoms with Gasteiger partial charge in [0, 0.05) is 38.6 Å². The third-order valence-electron chi connectivity index (χ3n) is 5.56. The highest BCUT2D eigenvalue weighted by Gasteiger charge is 2.49. The van der Waals surface area contributed by atoms with E-state index in [0.717, 1.165) is 15.4 Å². The summed E-state index contributed by atoms with van der Waals surface area (Å²) in [7, 11) is -1.56. The average Bonchev–Trinajstić information content (AvgIpc) is 3.04. The molecule has 170 valence electrons. The largest absolute Gasteiger partial charge is 0.369 e. The maximum absolute atomic E-state index is 13.5. The van der Waals surface area contributed by atoms with Gasteiger partial charge in [0.2, 0.25) is 0 Å². The van der Waals surface area contributed by atoms with Crippen LogP contribution in [0.1, 0.15) is 16.7 Å². The predicted octanol–water partition coefficient (Wildman–Crippen LogP) is 1.41. The minimum atomic E-state index is -4.37. The van der Waals surface area contributed by atoms with Gasteiger partial charge in [-0.2, -0.15) is 12.7 Å². The molecule has 1 unspecified atom stereocenters. The van der Waals surface area contributed by atoms with Crippen LogP contribution in [0.4, 0.5) is 0 Å². The van der Waals surface area contributed by atoms with Crippen molar-refractivity contribution >= 4 is 22.2 Å². The second-order valence-electron chi connectivity index (χ2n) is 7.69. The summed E-state index contributed by atoms with van der Waals surface area (Å²) in [6, 6.07) is 14.2. The second kappa shape index (κ2) is 8.35. The molecule has 11 heteroatoms. The molecular formula is C22H22N6O4S. The van der Waals surface area contributed by atoms with E-state index in [9.17, 15) is 17.8 Å². The minimum Gasteiger partial charge on any atom is -0.369 e. The number of carbonyl (C=O) groups excluding carboxylic acids is 1. The number of aromatic nitrogens is 2. The number of nitrogens with zero attached hydrogens (tertiary/aromatic N) is 5. The maximum atomic E-state index is 13.5. The first-order valence-electron chi connectivity index (χ1n) is 9.90. The average molecular weight is 467 g/mol. The molecule has 1 aromatic heterocycles. The number of amides is 1. The first kappa shape index (κ1) is 22.5. The molecule has 4 rings (SSSR count). The van der Waals surface area contributed by atoms with Crippen LogP contribution in [-0.4, -0.2) is 58.1 Å². The van der Waals surface area contributed by atoms with Crippen LogP contribution < -0.4 is 5.73 Å². The number of aliphatic imine (C=N–C) groups is 1. The zero-order valence-corrected chi connectivity index (χ0v) is 18.8. The van der Waals surface area contributed by atoms with E-state index < -0.39 is 15.8 Å². The number of hydrogen-bond acceptors (Lipinski definition) is 7. The van der Waals surface area contributed by atoms with Gasteiger partial charge in [-0.05, 0) is 28.3 Å². The highest BCUT2D eigenvalue weighted by atomic mass is 32.2. The predicted molar refractivity (Wildman–Crippen MR) is 122 cm³/mol. The van der Waals surface area contributed by atoms with Gasteiger partial charge < -0.3 is 5.73 Å². The summed E-state index contributed by atoms with van der Waals surface area (Å²) in [6.45, 7) is -0.0899. The lowest BCUT2D eigenvalue weighted by atomic mass is 9.81. The van der Waals surface area contributed by atoms with E-state index in [-0.39, 0.29) is 18.4 Å². The van der Waals surface area contributed by atoms with Gasteiger partial charge in [0.1, 0.15) is 6.33 Å². The van der Waals surface area contributed by atoms with Gasteiger partial charge in [-0.15, -0.1) is 0 Å². The van der Waals surface area contributed by atoms with Gasteiger partial charge in [-0.3, -0.25) is 14.2 Å². The van der Waals surface area contributed by atoms with Crippen molar-refractivity contribution < 1.29 is 17.8 Å². The Morgan fingerprint density at radius 2 is 1.70 bits per heavy atom. The SMILES string of the molecule is CN1C(=O)C(c2cccc(CN(C)S(=O)(=O)O)c2)(c2cccc(-c3cncnc3)c2)N=C1N. The van der Waals surface area contributed by atoms with Crippen LogP contribution in [0.2, 0.25) is 0 Å². The number of likely N-dealkylation sites (N-methyl/N-ethyl adjacent to an activating group) is 1. The van der Waals surface area contributed by atoms with Crippen LogP contribution in [0, 0.1) is 0 Å². The summed E-state index contributed by atoms with van der Waals surface area (Å²) in [5.41, 5.74) is 7.83. The normalized spacial score (nSPS) is 18.6. The first-order valence-corrected chi connectivity index (χ1v) is 11.3. The van der Waals surface area contributed by atoms with E-state index in [0.29, 0.717) is 16.7 Å². The fourth-order valence-electron chi connectivity index (χ4n) is 3.79. The Bertz CT molecular complexity index is 1350. The molecule has 3 aromatic rings. The highest BCUT2D eigenvalue weighted by Crippen LogP contribution is 2.40. The summed E-state index contributed by atoms with van der Waals surface area (Å²) in [6.07, 6.45) is 4.78. The lowest BCUT2D eigenvalue weighted by Gasteiger charge is -2.27. The molecule has 0 radical (unpaired) electrons. The van der Waals surface area contributed by atoms with Gasteiger partial charge in [-0.25, -0.2) is 15.0 Å². The third kappa shape index (κ3) is 4.09. The molecule has 0 spiro atoms. The van der Waals surface area contributed by atoms with Crippen LogP contribution in [0.5, 0.6) is 0 Å². The number of carbonyl (C=O) groups is 1. The van der Waals surface area contributed by atoms with E-state index in [1.807, 2.05) is 18.2 Å². The van der Waals surface area contributed by atoms with Crippen molar-refractivity contribution in [3.63, 3.8) is 0 Å². The minimum absolute atomic E-state index is 0.0638. The monoisotopic (exact) mass is 466 g/mol. The third-order valence-corrected chi connectivity index (χ3v) is 6.47.